The van der Waals surface area contributed by atoms with Gasteiger partial charge in [-0.15, -0.1) is 0 Å². The molecule has 1 aromatic carbocycles. The molecule has 2 fully saturated rings. The maximum absolute atomic E-state index is 12.5. The van der Waals surface area contributed by atoms with Crippen LogP contribution in [0, 0.1) is 11.8 Å². The van der Waals surface area contributed by atoms with E-state index in [-0.39, 0.29) is 23.8 Å². The number of carbonyl (C=O) groups is 2. The first-order valence-corrected chi connectivity index (χ1v) is 8.31. The van der Waals surface area contributed by atoms with Gasteiger partial charge in [0.1, 0.15) is 0 Å². The standard InChI is InChI=1S/C18H24N2O2/c1-13-7-5-6-10-16(13)19-18(22)14-11-17(21)20(12-14)15-8-3-2-4-9-15/h2-4,8-9,13-14,16H,5-7,10-12H2,1H3,(H,19,22). The summed E-state index contributed by atoms with van der Waals surface area (Å²) in [5, 5.41) is 3.19. The van der Waals surface area contributed by atoms with Gasteiger partial charge in [-0.25, -0.2) is 0 Å². The van der Waals surface area contributed by atoms with Gasteiger partial charge in [0.2, 0.25) is 11.8 Å². The highest BCUT2D eigenvalue weighted by Gasteiger charge is 2.36. The molecule has 1 aliphatic heterocycles. The van der Waals surface area contributed by atoms with Crippen LogP contribution in [0.3, 0.4) is 0 Å². The lowest BCUT2D eigenvalue weighted by Crippen LogP contribution is -2.44. The van der Waals surface area contributed by atoms with Gasteiger partial charge in [0.05, 0.1) is 5.92 Å². The molecule has 0 radical (unpaired) electrons. The lowest BCUT2D eigenvalue weighted by molar-refractivity contribution is -0.127. The van der Waals surface area contributed by atoms with Crippen molar-refractivity contribution in [3.8, 4) is 0 Å². The van der Waals surface area contributed by atoms with E-state index in [9.17, 15) is 9.59 Å². The fourth-order valence-electron chi connectivity index (χ4n) is 3.57. The second-order valence-corrected chi connectivity index (χ2v) is 6.62. The lowest BCUT2D eigenvalue weighted by Gasteiger charge is -2.30. The third kappa shape index (κ3) is 3.16. The monoisotopic (exact) mass is 300 g/mol. The number of rotatable bonds is 3. The van der Waals surface area contributed by atoms with Crippen LogP contribution in [0.1, 0.15) is 39.0 Å². The number of anilines is 1. The minimum atomic E-state index is -0.221. The predicted octanol–water partition coefficient (Wildman–Crippen LogP) is 2.73. The zero-order valence-corrected chi connectivity index (χ0v) is 13.1. The number of hydrogen-bond donors (Lipinski definition) is 1. The van der Waals surface area contributed by atoms with E-state index in [1.54, 1.807) is 4.90 Å². The summed E-state index contributed by atoms with van der Waals surface area (Å²) in [6.07, 6.45) is 5.02. The Bertz CT molecular complexity index is 543. The maximum Gasteiger partial charge on any atom is 0.227 e. The van der Waals surface area contributed by atoms with Crippen LogP contribution in [0.4, 0.5) is 5.69 Å². The van der Waals surface area contributed by atoms with Gasteiger partial charge in [-0.2, -0.15) is 0 Å². The van der Waals surface area contributed by atoms with Gasteiger partial charge in [-0.3, -0.25) is 9.59 Å². The highest BCUT2D eigenvalue weighted by atomic mass is 16.2. The molecule has 3 rings (SSSR count). The molecule has 3 atom stereocenters. The number of para-hydroxylation sites is 1. The summed E-state index contributed by atoms with van der Waals surface area (Å²) in [5.41, 5.74) is 0.883. The van der Waals surface area contributed by atoms with E-state index in [2.05, 4.69) is 12.2 Å². The fourth-order valence-corrected chi connectivity index (χ4v) is 3.57. The molecule has 0 bridgehead atoms. The quantitative estimate of drug-likeness (QED) is 0.933. The highest BCUT2D eigenvalue weighted by Crippen LogP contribution is 2.27. The maximum atomic E-state index is 12.5. The number of amides is 2. The Kier molecular flexibility index (Phi) is 4.46. The first-order valence-electron chi connectivity index (χ1n) is 8.31. The molecule has 1 heterocycles. The van der Waals surface area contributed by atoms with E-state index in [0.717, 1.165) is 12.1 Å². The van der Waals surface area contributed by atoms with Crippen molar-refractivity contribution in [3.63, 3.8) is 0 Å². The number of carbonyl (C=O) groups excluding carboxylic acids is 2. The van der Waals surface area contributed by atoms with E-state index in [1.165, 1.54) is 19.3 Å². The second kappa shape index (κ2) is 6.51. The number of hydrogen-bond acceptors (Lipinski definition) is 2. The van der Waals surface area contributed by atoms with Gasteiger partial charge < -0.3 is 10.2 Å². The summed E-state index contributed by atoms with van der Waals surface area (Å²) in [6, 6.07) is 9.88. The predicted molar refractivity (Wildman–Crippen MR) is 86.5 cm³/mol. The molecule has 1 aliphatic carbocycles. The van der Waals surface area contributed by atoms with Crippen molar-refractivity contribution in [2.24, 2.45) is 11.8 Å². The fraction of sp³-hybridized carbons (Fsp3) is 0.556. The van der Waals surface area contributed by atoms with Crippen LogP contribution >= 0.6 is 0 Å². The Morgan fingerprint density at radius 2 is 1.91 bits per heavy atom. The van der Waals surface area contributed by atoms with Crippen LogP contribution in [0.2, 0.25) is 0 Å². The third-order valence-electron chi connectivity index (χ3n) is 5.00. The van der Waals surface area contributed by atoms with Gasteiger partial charge in [0.25, 0.3) is 0 Å². The van der Waals surface area contributed by atoms with Crippen molar-refractivity contribution in [1.82, 2.24) is 5.32 Å². The van der Waals surface area contributed by atoms with Crippen LogP contribution in [-0.2, 0) is 9.59 Å². The zero-order valence-electron chi connectivity index (χ0n) is 13.1. The molecule has 118 valence electrons. The molecule has 4 heteroatoms. The molecule has 2 aliphatic rings. The van der Waals surface area contributed by atoms with E-state index in [0.29, 0.717) is 18.9 Å². The van der Waals surface area contributed by atoms with Crippen molar-refractivity contribution in [2.45, 2.75) is 45.1 Å². The summed E-state index contributed by atoms with van der Waals surface area (Å²) in [4.78, 5) is 26.4. The number of nitrogens with one attached hydrogen (secondary N) is 1. The van der Waals surface area contributed by atoms with Crippen LogP contribution in [-0.4, -0.2) is 24.4 Å². The average Bonchev–Trinajstić information content (AvgIpc) is 2.92. The van der Waals surface area contributed by atoms with Gasteiger partial charge in [-0.1, -0.05) is 38.0 Å². The largest absolute Gasteiger partial charge is 0.353 e. The summed E-state index contributed by atoms with van der Waals surface area (Å²) in [5.74, 6) is 0.412. The summed E-state index contributed by atoms with van der Waals surface area (Å²) in [6.45, 7) is 2.70. The van der Waals surface area contributed by atoms with E-state index >= 15 is 0 Å². The molecule has 1 N–H and O–H groups in total. The first kappa shape index (κ1) is 15.1. The minimum Gasteiger partial charge on any atom is -0.353 e. The van der Waals surface area contributed by atoms with Gasteiger partial charge >= 0.3 is 0 Å². The SMILES string of the molecule is CC1CCCCC1NC(=O)C1CC(=O)N(c2ccccc2)C1. The van der Waals surface area contributed by atoms with Crippen molar-refractivity contribution < 1.29 is 9.59 Å². The molecular weight excluding hydrogens is 276 g/mol. The van der Waals surface area contributed by atoms with Crippen molar-refractivity contribution in [2.75, 3.05) is 11.4 Å². The van der Waals surface area contributed by atoms with Crippen LogP contribution in [0.5, 0.6) is 0 Å². The van der Waals surface area contributed by atoms with Crippen molar-refractivity contribution in [1.29, 1.82) is 0 Å². The Morgan fingerprint density at radius 3 is 2.64 bits per heavy atom. The zero-order chi connectivity index (χ0) is 15.5. The van der Waals surface area contributed by atoms with Crippen molar-refractivity contribution >= 4 is 17.5 Å². The molecular formula is C18H24N2O2. The molecule has 1 aromatic rings. The topological polar surface area (TPSA) is 49.4 Å². The molecule has 22 heavy (non-hydrogen) atoms. The molecule has 3 unspecified atom stereocenters. The van der Waals surface area contributed by atoms with E-state index < -0.39 is 0 Å². The Balaban J connectivity index is 1.61. The highest BCUT2D eigenvalue weighted by molar-refractivity contribution is 6.00. The van der Waals surface area contributed by atoms with Crippen molar-refractivity contribution in [3.05, 3.63) is 30.3 Å². The van der Waals surface area contributed by atoms with E-state index in [1.807, 2.05) is 30.3 Å². The average molecular weight is 300 g/mol. The van der Waals surface area contributed by atoms with Gasteiger partial charge in [0.15, 0.2) is 0 Å². The Hall–Kier alpha value is -1.84. The van der Waals surface area contributed by atoms with Gasteiger partial charge in [0, 0.05) is 24.7 Å². The Morgan fingerprint density at radius 1 is 1.18 bits per heavy atom. The molecule has 1 saturated heterocycles. The summed E-state index contributed by atoms with van der Waals surface area (Å²) in [7, 11) is 0. The normalized spacial score (nSPS) is 28.7. The van der Waals surface area contributed by atoms with Crippen LogP contribution < -0.4 is 10.2 Å². The Labute approximate surface area is 131 Å². The van der Waals surface area contributed by atoms with Crippen LogP contribution in [0.15, 0.2) is 30.3 Å². The second-order valence-electron chi connectivity index (χ2n) is 6.62. The molecule has 0 spiro atoms. The third-order valence-corrected chi connectivity index (χ3v) is 5.00. The van der Waals surface area contributed by atoms with Gasteiger partial charge in [-0.05, 0) is 30.9 Å². The number of nitrogens with zero attached hydrogens (tertiary/aromatic N) is 1. The molecule has 2 amide bonds. The first-order chi connectivity index (χ1) is 10.6. The molecule has 4 nitrogen and oxygen atoms in total. The van der Waals surface area contributed by atoms with Crippen LogP contribution in [0.25, 0.3) is 0 Å². The minimum absolute atomic E-state index is 0.0445. The summed E-state index contributed by atoms with van der Waals surface area (Å²) < 4.78 is 0. The summed E-state index contributed by atoms with van der Waals surface area (Å²) >= 11 is 0. The molecule has 1 saturated carbocycles. The smallest absolute Gasteiger partial charge is 0.227 e. The van der Waals surface area contributed by atoms with E-state index in [4.69, 9.17) is 0 Å². The molecule has 0 aromatic heterocycles. The lowest BCUT2D eigenvalue weighted by atomic mass is 9.85. The number of benzene rings is 1.